The minimum atomic E-state index is -1.52. The summed E-state index contributed by atoms with van der Waals surface area (Å²) in [5.74, 6) is -3.96. The van der Waals surface area contributed by atoms with Gasteiger partial charge in [-0.25, -0.2) is 9.18 Å². The maximum Gasteiger partial charge on any atom is 0.344 e. The number of nitro groups is 1. The number of nitrogens with zero attached hydrogens (tertiary/aromatic N) is 1. The molecule has 0 amide bonds. The van der Waals surface area contributed by atoms with E-state index in [9.17, 15) is 23.7 Å². The van der Waals surface area contributed by atoms with E-state index in [1.165, 1.54) is 0 Å². The maximum atomic E-state index is 13.6. The van der Waals surface area contributed by atoms with E-state index < -0.39 is 39.9 Å². The minimum Gasteiger partial charge on any atom is -0.459 e. The number of halogens is 2. The molecule has 7 heteroatoms. The molecule has 5 nitrogen and oxygen atoms in total. The van der Waals surface area contributed by atoms with Crippen LogP contribution in [-0.4, -0.2) is 17.0 Å². The van der Waals surface area contributed by atoms with E-state index in [-0.39, 0.29) is 0 Å². The lowest BCUT2D eigenvalue weighted by Gasteiger charge is -2.11. The van der Waals surface area contributed by atoms with E-state index in [1.54, 1.807) is 13.8 Å². The van der Waals surface area contributed by atoms with Crippen molar-refractivity contribution in [1.82, 2.24) is 0 Å². The Morgan fingerprint density at radius 1 is 1.50 bits per heavy atom. The second-order valence-corrected chi connectivity index (χ2v) is 3.64. The fraction of sp³-hybridized carbons (Fsp3) is 0.364. The van der Waals surface area contributed by atoms with Crippen molar-refractivity contribution in [3.63, 3.8) is 0 Å². The molecule has 1 rings (SSSR count). The van der Waals surface area contributed by atoms with Crippen molar-refractivity contribution >= 4 is 11.7 Å². The summed E-state index contributed by atoms with van der Waals surface area (Å²) < 4.78 is 31.7. The Morgan fingerprint density at radius 3 is 2.61 bits per heavy atom. The predicted molar refractivity (Wildman–Crippen MR) is 58.2 cm³/mol. The van der Waals surface area contributed by atoms with Crippen LogP contribution in [0.4, 0.5) is 14.5 Å². The van der Waals surface area contributed by atoms with Gasteiger partial charge in [0.05, 0.1) is 11.0 Å². The molecule has 0 aliphatic rings. The molecule has 0 radical (unpaired) electrons. The van der Waals surface area contributed by atoms with Gasteiger partial charge in [-0.05, 0) is 19.4 Å². The van der Waals surface area contributed by atoms with Crippen LogP contribution < -0.4 is 0 Å². The highest BCUT2D eigenvalue weighted by molar-refractivity contribution is 5.91. The van der Waals surface area contributed by atoms with Crippen molar-refractivity contribution in [2.75, 3.05) is 0 Å². The van der Waals surface area contributed by atoms with Crippen LogP contribution in [0, 0.1) is 21.7 Å². The van der Waals surface area contributed by atoms with Crippen molar-refractivity contribution in [2.45, 2.75) is 26.4 Å². The summed E-state index contributed by atoms with van der Waals surface area (Å²) in [6, 6.07) is 1.32. The van der Waals surface area contributed by atoms with Crippen LogP contribution in [0.2, 0.25) is 0 Å². The molecule has 1 aromatic carbocycles. The minimum absolute atomic E-state index is 0.462. The van der Waals surface area contributed by atoms with E-state index in [1.807, 2.05) is 0 Å². The summed E-state index contributed by atoms with van der Waals surface area (Å²) in [4.78, 5) is 20.9. The lowest BCUT2D eigenvalue weighted by Crippen LogP contribution is -2.17. The summed E-state index contributed by atoms with van der Waals surface area (Å²) >= 11 is 0. The van der Waals surface area contributed by atoms with Gasteiger partial charge in [-0.1, -0.05) is 6.92 Å². The van der Waals surface area contributed by atoms with Gasteiger partial charge < -0.3 is 4.74 Å². The van der Waals surface area contributed by atoms with Gasteiger partial charge in [0, 0.05) is 6.07 Å². The summed E-state index contributed by atoms with van der Waals surface area (Å²) in [5, 5.41) is 10.5. The highest BCUT2D eigenvalue weighted by atomic mass is 19.1. The second kappa shape index (κ2) is 5.52. The van der Waals surface area contributed by atoms with Crippen molar-refractivity contribution in [1.29, 1.82) is 0 Å². The Balaban J connectivity index is 3.19. The van der Waals surface area contributed by atoms with Gasteiger partial charge in [0.25, 0.3) is 0 Å². The van der Waals surface area contributed by atoms with Crippen LogP contribution in [0.15, 0.2) is 12.1 Å². The Bertz CT molecular complexity index is 490. The molecule has 1 aromatic rings. The molecule has 98 valence electrons. The van der Waals surface area contributed by atoms with Crippen LogP contribution in [0.1, 0.15) is 30.6 Å². The Hall–Kier alpha value is -2.05. The molecule has 0 aromatic heterocycles. The summed E-state index contributed by atoms with van der Waals surface area (Å²) in [6.45, 7) is 3.27. The zero-order valence-corrected chi connectivity index (χ0v) is 9.78. The molecule has 0 spiro atoms. The Morgan fingerprint density at radius 2 is 2.11 bits per heavy atom. The zero-order chi connectivity index (χ0) is 13.9. The monoisotopic (exact) mass is 259 g/mol. The number of nitro benzene ring substituents is 1. The van der Waals surface area contributed by atoms with Crippen LogP contribution in [0.5, 0.6) is 0 Å². The number of hydrogen-bond acceptors (Lipinski definition) is 4. The highest BCUT2D eigenvalue weighted by Crippen LogP contribution is 2.24. The largest absolute Gasteiger partial charge is 0.459 e. The van der Waals surface area contributed by atoms with Crippen molar-refractivity contribution < 1.29 is 23.2 Å². The molecule has 0 heterocycles. The first-order chi connectivity index (χ1) is 8.38. The third-order valence-electron chi connectivity index (χ3n) is 2.35. The van der Waals surface area contributed by atoms with Gasteiger partial charge in [0.15, 0.2) is 0 Å². The third kappa shape index (κ3) is 2.79. The number of ether oxygens (including phenoxy) is 1. The predicted octanol–water partition coefficient (Wildman–Crippen LogP) is 2.83. The normalized spacial score (nSPS) is 12.0. The fourth-order valence-electron chi connectivity index (χ4n) is 1.19. The van der Waals surface area contributed by atoms with E-state index in [0.717, 1.165) is 0 Å². The molecule has 1 atom stereocenters. The highest BCUT2D eigenvalue weighted by Gasteiger charge is 2.27. The molecule has 0 bridgehead atoms. The molecule has 0 saturated heterocycles. The fourth-order valence-corrected chi connectivity index (χ4v) is 1.19. The van der Waals surface area contributed by atoms with Gasteiger partial charge in [-0.15, -0.1) is 0 Å². The first-order valence-corrected chi connectivity index (χ1v) is 5.21. The SMILES string of the molecule is CCC(C)OC(=O)c1c(F)ccc([N+](=O)[O-])c1F. The van der Waals surface area contributed by atoms with Gasteiger partial charge in [0.1, 0.15) is 11.4 Å². The van der Waals surface area contributed by atoms with E-state index in [2.05, 4.69) is 0 Å². The third-order valence-corrected chi connectivity index (χ3v) is 2.35. The Labute approximate surface area is 102 Å². The smallest absolute Gasteiger partial charge is 0.344 e. The molecule has 0 N–H and O–H groups in total. The van der Waals surface area contributed by atoms with Crippen LogP contribution in [0.25, 0.3) is 0 Å². The quantitative estimate of drug-likeness (QED) is 0.473. The molecule has 0 aliphatic heterocycles. The van der Waals surface area contributed by atoms with Crippen LogP contribution in [-0.2, 0) is 4.74 Å². The van der Waals surface area contributed by atoms with Crippen LogP contribution >= 0.6 is 0 Å². The zero-order valence-electron chi connectivity index (χ0n) is 9.78. The molecular weight excluding hydrogens is 248 g/mol. The topological polar surface area (TPSA) is 69.4 Å². The van der Waals surface area contributed by atoms with Crippen LogP contribution in [0.3, 0.4) is 0 Å². The van der Waals surface area contributed by atoms with Gasteiger partial charge in [-0.2, -0.15) is 4.39 Å². The maximum absolute atomic E-state index is 13.6. The molecule has 0 saturated carbocycles. The van der Waals surface area contributed by atoms with E-state index >= 15 is 0 Å². The summed E-state index contributed by atoms with van der Waals surface area (Å²) in [7, 11) is 0. The van der Waals surface area contributed by atoms with Gasteiger partial charge >= 0.3 is 11.7 Å². The first-order valence-electron chi connectivity index (χ1n) is 5.21. The van der Waals surface area contributed by atoms with Crippen molar-refractivity contribution in [2.24, 2.45) is 0 Å². The standard InChI is InChI=1S/C11H11F2NO4/c1-3-6(2)18-11(15)9-7(12)4-5-8(10(9)13)14(16)17/h4-6H,3H2,1-2H3. The lowest BCUT2D eigenvalue weighted by molar-refractivity contribution is -0.387. The molecule has 0 aliphatic carbocycles. The second-order valence-electron chi connectivity index (χ2n) is 3.64. The molecule has 18 heavy (non-hydrogen) atoms. The number of carbonyl (C=O) groups is 1. The molecular formula is C11H11F2NO4. The molecule has 0 fully saturated rings. The number of rotatable bonds is 4. The van der Waals surface area contributed by atoms with Gasteiger partial charge in [0.2, 0.25) is 5.82 Å². The summed E-state index contributed by atoms with van der Waals surface area (Å²) in [5.41, 5.74) is -2.00. The summed E-state index contributed by atoms with van der Waals surface area (Å²) in [6.07, 6.45) is -0.0697. The molecule has 1 unspecified atom stereocenters. The van der Waals surface area contributed by atoms with Gasteiger partial charge in [-0.3, -0.25) is 10.1 Å². The van der Waals surface area contributed by atoms with E-state index in [0.29, 0.717) is 18.6 Å². The number of benzene rings is 1. The number of carbonyl (C=O) groups excluding carboxylic acids is 1. The Kier molecular flexibility index (Phi) is 4.30. The number of hydrogen-bond donors (Lipinski definition) is 0. The van der Waals surface area contributed by atoms with E-state index in [4.69, 9.17) is 4.74 Å². The number of esters is 1. The average molecular weight is 259 g/mol. The lowest BCUT2D eigenvalue weighted by atomic mass is 10.1. The van der Waals surface area contributed by atoms with Crippen molar-refractivity contribution in [3.05, 3.63) is 39.4 Å². The first kappa shape index (κ1) is 14.0. The van der Waals surface area contributed by atoms with Crippen molar-refractivity contribution in [3.8, 4) is 0 Å². The average Bonchev–Trinajstić information content (AvgIpc) is 2.28.